The summed E-state index contributed by atoms with van der Waals surface area (Å²) in [5, 5.41) is 28.3. The molecule has 9 nitrogen and oxygen atoms in total. The van der Waals surface area contributed by atoms with Gasteiger partial charge in [0.15, 0.2) is 5.65 Å². The molecule has 1 aromatic carbocycles. The van der Waals surface area contributed by atoms with E-state index in [2.05, 4.69) is 66.1 Å². The summed E-state index contributed by atoms with van der Waals surface area (Å²) in [6.45, 7) is 3.59. The smallest absolute Gasteiger partial charge is 0.214 e. The van der Waals surface area contributed by atoms with Crippen LogP contribution in [0.5, 0.6) is 0 Å². The number of hydrogen-bond acceptors (Lipinski definition) is 8. The number of nitrogens with zero attached hydrogens (tertiary/aromatic N) is 5. The Morgan fingerprint density at radius 1 is 1.09 bits per heavy atom. The maximum absolute atomic E-state index is 9.33. The molecule has 4 N–H and O–H groups in total. The summed E-state index contributed by atoms with van der Waals surface area (Å²) in [6, 6.07) is 12.0. The van der Waals surface area contributed by atoms with Crippen molar-refractivity contribution >= 4 is 22.4 Å². The molecule has 0 aliphatic carbocycles. The van der Waals surface area contributed by atoms with E-state index in [1.54, 1.807) is 0 Å². The Kier molecular flexibility index (Phi) is 5.17. The third kappa shape index (κ3) is 3.46. The molecule has 0 bridgehead atoms. The molecule has 4 aromatic rings. The molecule has 3 aromatic heterocycles. The van der Waals surface area contributed by atoms with Gasteiger partial charge in [-0.25, -0.2) is 4.98 Å². The van der Waals surface area contributed by atoms with Crippen LogP contribution in [0, 0.1) is 11.3 Å². The van der Waals surface area contributed by atoms with Crippen molar-refractivity contribution in [3.63, 3.8) is 0 Å². The van der Waals surface area contributed by atoms with Gasteiger partial charge in [0.1, 0.15) is 5.69 Å². The van der Waals surface area contributed by atoms with Crippen molar-refractivity contribution in [2.75, 3.05) is 31.3 Å². The summed E-state index contributed by atoms with van der Waals surface area (Å²) in [7, 11) is 3.95. The number of pyridine rings is 2. The summed E-state index contributed by atoms with van der Waals surface area (Å²) in [4.78, 5) is 11.2. The van der Waals surface area contributed by atoms with Gasteiger partial charge in [0, 0.05) is 41.6 Å². The third-order valence-corrected chi connectivity index (χ3v) is 6.09. The fraction of sp³-hybridized carbons (Fsp3) is 0.250. The van der Waals surface area contributed by atoms with Gasteiger partial charge < -0.3 is 16.0 Å². The lowest BCUT2D eigenvalue weighted by molar-refractivity contribution is 0.187. The molecule has 33 heavy (non-hydrogen) atoms. The first kappa shape index (κ1) is 20.9. The van der Waals surface area contributed by atoms with Crippen LogP contribution in [0.3, 0.4) is 0 Å². The maximum atomic E-state index is 9.33. The predicted octanol–water partition coefficient (Wildman–Crippen LogP) is 3.21. The van der Waals surface area contributed by atoms with E-state index in [0.717, 1.165) is 52.2 Å². The fourth-order valence-corrected chi connectivity index (χ4v) is 4.26. The lowest BCUT2D eigenvalue weighted by atomic mass is 10.0. The Bertz CT molecular complexity index is 1370. The molecule has 1 aliphatic rings. The number of aromatic nitrogens is 4. The van der Waals surface area contributed by atoms with Gasteiger partial charge in [-0.15, -0.1) is 0 Å². The second-order valence-electron chi connectivity index (χ2n) is 8.15. The van der Waals surface area contributed by atoms with E-state index < -0.39 is 5.79 Å². The number of nitrogens with one attached hydrogen (secondary N) is 4. The topological polar surface area (TPSA) is 118 Å². The van der Waals surface area contributed by atoms with E-state index >= 15 is 0 Å². The third-order valence-electron chi connectivity index (χ3n) is 6.09. The molecule has 0 saturated heterocycles. The number of fused-ring (bicyclic) bond motifs is 2. The molecule has 166 valence electrons. The zero-order valence-corrected chi connectivity index (χ0v) is 18.8. The number of aromatic amines is 1. The first-order chi connectivity index (χ1) is 16.1. The van der Waals surface area contributed by atoms with Crippen molar-refractivity contribution in [2.45, 2.75) is 19.3 Å². The molecule has 0 saturated carbocycles. The van der Waals surface area contributed by atoms with Crippen LogP contribution in [0.2, 0.25) is 0 Å². The van der Waals surface area contributed by atoms with Crippen LogP contribution in [0.1, 0.15) is 23.7 Å². The van der Waals surface area contributed by atoms with Crippen molar-refractivity contribution in [2.24, 2.45) is 0 Å². The molecule has 9 heteroatoms. The van der Waals surface area contributed by atoms with Gasteiger partial charge in [-0.1, -0.05) is 6.92 Å². The van der Waals surface area contributed by atoms with Crippen molar-refractivity contribution < 1.29 is 0 Å². The van der Waals surface area contributed by atoms with E-state index in [9.17, 15) is 5.26 Å². The molecule has 1 aliphatic heterocycles. The van der Waals surface area contributed by atoms with E-state index in [-0.39, 0.29) is 0 Å². The van der Waals surface area contributed by atoms with Crippen molar-refractivity contribution in [3.05, 3.63) is 65.7 Å². The van der Waals surface area contributed by atoms with Crippen molar-refractivity contribution in [3.8, 4) is 17.2 Å². The lowest BCUT2D eigenvalue weighted by Crippen LogP contribution is -2.53. The number of anilines is 2. The molecule has 4 heterocycles. The first-order valence-electron chi connectivity index (χ1n) is 10.8. The number of nitriles is 1. The second-order valence-corrected chi connectivity index (χ2v) is 8.15. The summed E-state index contributed by atoms with van der Waals surface area (Å²) in [5.41, 5.74) is 6.93. The predicted molar refractivity (Wildman–Crippen MR) is 128 cm³/mol. The lowest BCUT2D eigenvalue weighted by Gasteiger charge is -2.37. The standard InChI is InChI=1S/C24H25N9/c1-4-33(3)24(29-20-6-5-15(10-25)8-21(20)30-24)22-19-9-18(14-28-23(19)32-31-22)17-7-16(11-26-2)12-27-13-17/h5-9,12-14,26,29-30H,4,11H2,1-3H3,(H,28,31,32). The van der Waals surface area contributed by atoms with Crippen LogP contribution in [-0.4, -0.2) is 45.7 Å². The fourth-order valence-electron chi connectivity index (χ4n) is 4.26. The maximum Gasteiger partial charge on any atom is 0.214 e. The summed E-state index contributed by atoms with van der Waals surface area (Å²) >= 11 is 0. The Hall–Kier alpha value is -4.00. The van der Waals surface area contributed by atoms with Gasteiger partial charge >= 0.3 is 0 Å². The molecule has 0 fully saturated rings. The number of benzene rings is 1. The van der Waals surface area contributed by atoms with Crippen LogP contribution < -0.4 is 16.0 Å². The highest BCUT2D eigenvalue weighted by Gasteiger charge is 2.44. The number of H-pyrrole nitrogens is 1. The normalized spacial score (nSPS) is 16.9. The Balaban J connectivity index is 1.63. The summed E-state index contributed by atoms with van der Waals surface area (Å²) in [6.07, 6.45) is 5.55. The highest BCUT2D eigenvalue weighted by atomic mass is 15.5. The summed E-state index contributed by atoms with van der Waals surface area (Å²) in [5.74, 6) is -0.796. The minimum Gasteiger partial charge on any atom is -0.343 e. The molecule has 5 rings (SSSR count). The van der Waals surface area contributed by atoms with Crippen molar-refractivity contribution in [1.29, 1.82) is 5.26 Å². The van der Waals surface area contributed by atoms with Gasteiger partial charge in [0.25, 0.3) is 0 Å². The van der Waals surface area contributed by atoms with Gasteiger partial charge in [-0.2, -0.15) is 10.4 Å². The number of rotatable bonds is 6. The van der Waals surface area contributed by atoms with Gasteiger partial charge in [0.2, 0.25) is 5.79 Å². The summed E-state index contributed by atoms with van der Waals surface area (Å²) < 4.78 is 0. The Morgan fingerprint density at radius 2 is 1.91 bits per heavy atom. The molecular weight excluding hydrogens is 414 g/mol. The van der Waals surface area contributed by atoms with E-state index in [4.69, 9.17) is 0 Å². The van der Waals surface area contributed by atoms with E-state index in [1.165, 1.54) is 0 Å². The zero-order chi connectivity index (χ0) is 23.0. The zero-order valence-electron chi connectivity index (χ0n) is 18.8. The minimum absolute atomic E-state index is 0.600. The monoisotopic (exact) mass is 439 g/mol. The number of hydrogen-bond donors (Lipinski definition) is 4. The molecule has 0 radical (unpaired) electrons. The quantitative estimate of drug-likeness (QED) is 0.362. The van der Waals surface area contributed by atoms with Crippen LogP contribution in [-0.2, 0) is 12.3 Å². The average Bonchev–Trinajstić information content (AvgIpc) is 3.45. The molecule has 1 atom stereocenters. The average molecular weight is 440 g/mol. The van der Waals surface area contributed by atoms with Gasteiger partial charge in [0.05, 0.1) is 23.0 Å². The molecule has 0 amide bonds. The van der Waals surface area contributed by atoms with E-state index in [1.807, 2.05) is 50.9 Å². The van der Waals surface area contributed by atoms with Crippen LogP contribution in [0.4, 0.5) is 11.4 Å². The highest BCUT2D eigenvalue weighted by molar-refractivity contribution is 5.87. The van der Waals surface area contributed by atoms with Crippen LogP contribution in [0.25, 0.3) is 22.2 Å². The van der Waals surface area contributed by atoms with Crippen LogP contribution in [0.15, 0.2) is 48.9 Å². The largest absolute Gasteiger partial charge is 0.343 e. The molecular formula is C24H25N9. The van der Waals surface area contributed by atoms with Gasteiger partial charge in [-0.3, -0.25) is 15.0 Å². The molecule has 0 spiro atoms. The highest BCUT2D eigenvalue weighted by Crippen LogP contribution is 2.43. The molecule has 1 unspecified atom stereocenters. The van der Waals surface area contributed by atoms with E-state index in [0.29, 0.717) is 11.2 Å². The first-order valence-corrected chi connectivity index (χ1v) is 10.8. The van der Waals surface area contributed by atoms with Gasteiger partial charge in [-0.05, 0) is 56.5 Å². The van der Waals surface area contributed by atoms with Crippen LogP contribution >= 0.6 is 0 Å². The Labute approximate surface area is 191 Å². The Morgan fingerprint density at radius 3 is 2.70 bits per heavy atom. The minimum atomic E-state index is -0.796. The second kappa shape index (κ2) is 8.16. The SMILES string of the molecule is CCN(C)C1(c2n[nH]c3ncc(-c4cncc(CNC)c4)cc23)Nc2ccc(C#N)cc2N1. The van der Waals surface area contributed by atoms with Crippen molar-refractivity contribution in [1.82, 2.24) is 30.4 Å².